The molecule has 1 N–H and O–H groups in total. The van der Waals surface area contributed by atoms with E-state index in [4.69, 9.17) is 0 Å². The van der Waals surface area contributed by atoms with Gasteiger partial charge in [-0.15, -0.1) is 0 Å². The molecule has 0 spiro atoms. The van der Waals surface area contributed by atoms with Gasteiger partial charge in [-0.05, 0) is 6.92 Å². The van der Waals surface area contributed by atoms with Crippen molar-refractivity contribution in [3.05, 3.63) is 76.5 Å². The molecule has 3 aromatic rings. The Morgan fingerprint density at radius 2 is 2.00 bits per heavy atom. The number of hydrogen-bond donors (Lipinski definition) is 1. The summed E-state index contributed by atoms with van der Waals surface area (Å²) in [6.07, 6.45) is -0.246. The summed E-state index contributed by atoms with van der Waals surface area (Å²) in [7, 11) is 0. The van der Waals surface area contributed by atoms with E-state index in [1.54, 1.807) is 6.92 Å². The first kappa shape index (κ1) is 20.5. The monoisotopic (exact) mass is 406 g/mol. The van der Waals surface area contributed by atoms with Crippen molar-refractivity contribution in [3.8, 4) is 0 Å². The summed E-state index contributed by atoms with van der Waals surface area (Å²) >= 11 is 0. The second-order valence-corrected chi connectivity index (χ2v) is 6.51. The van der Waals surface area contributed by atoms with Crippen LogP contribution in [0.4, 0.5) is 23.4 Å². The normalized spacial score (nSPS) is 12.3. The molecule has 5 nitrogen and oxygen atoms in total. The van der Waals surface area contributed by atoms with Gasteiger partial charge in [0.05, 0.1) is 28.3 Å². The number of pyridine rings is 1. The van der Waals surface area contributed by atoms with E-state index in [1.165, 1.54) is 35.3 Å². The molecule has 2 aromatic heterocycles. The van der Waals surface area contributed by atoms with Crippen molar-refractivity contribution in [2.75, 3.05) is 5.32 Å². The SMILES string of the molecule is C=C(F)CCn1cc2c(N[C@H](C)c3cccc(C(F)F)c3F)ncnc2cc1=O. The highest BCUT2D eigenvalue weighted by atomic mass is 19.3. The van der Waals surface area contributed by atoms with Crippen LogP contribution in [0, 0.1) is 5.82 Å². The maximum Gasteiger partial charge on any atom is 0.266 e. The fourth-order valence-electron chi connectivity index (χ4n) is 2.96. The van der Waals surface area contributed by atoms with Crippen LogP contribution in [0.15, 0.2) is 54.0 Å². The van der Waals surface area contributed by atoms with Crippen molar-refractivity contribution in [2.24, 2.45) is 0 Å². The molecule has 0 bridgehead atoms. The van der Waals surface area contributed by atoms with E-state index in [0.29, 0.717) is 10.9 Å². The number of fused-ring (bicyclic) bond motifs is 1. The fourth-order valence-corrected chi connectivity index (χ4v) is 2.96. The van der Waals surface area contributed by atoms with Crippen molar-refractivity contribution >= 4 is 16.7 Å². The van der Waals surface area contributed by atoms with Crippen LogP contribution in [-0.4, -0.2) is 14.5 Å². The predicted octanol–water partition coefficient (Wildman–Crippen LogP) is 4.91. The van der Waals surface area contributed by atoms with E-state index < -0.39 is 29.7 Å². The van der Waals surface area contributed by atoms with Crippen LogP contribution in [0.2, 0.25) is 0 Å². The van der Waals surface area contributed by atoms with E-state index in [2.05, 4.69) is 21.9 Å². The molecule has 0 saturated carbocycles. The number of rotatable bonds is 7. The van der Waals surface area contributed by atoms with Gasteiger partial charge in [-0.25, -0.2) is 27.5 Å². The molecule has 9 heteroatoms. The summed E-state index contributed by atoms with van der Waals surface area (Å²) in [5, 5.41) is 3.43. The average Bonchev–Trinajstić information content (AvgIpc) is 2.66. The van der Waals surface area contributed by atoms with Gasteiger partial charge in [0.25, 0.3) is 12.0 Å². The molecule has 0 aliphatic heterocycles. The summed E-state index contributed by atoms with van der Waals surface area (Å²) in [5.41, 5.74) is -0.649. The number of halogens is 4. The summed E-state index contributed by atoms with van der Waals surface area (Å²) in [6.45, 7) is 4.86. The van der Waals surface area contributed by atoms with Crippen molar-refractivity contribution in [1.82, 2.24) is 14.5 Å². The van der Waals surface area contributed by atoms with Crippen LogP contribution < -0.4 is 10.9 Å². The van der Waals surface area contributed by atoms with Crippen molar-refractivity contribution in [2.45, 2.75) is 32.4 Å². The number of aromatic nitrogens is 3. The van der Waals surface area contributed by atoms with Crippen molar-refractivity contribution in [3.63, 3.8) is 0 Å². The third-order valence-electron chi connectivity index (χ3n) is 4.48. The largest absolute Gasteiger partial charge is 0.363 e. The highest BCUT2D eigenvalue weighted by Gasteiger charge is 2.20. The first-order valence-electron chi connectivity index (χ1n) is 8.79. The van der Waals surface area contributed by atoms with Gasteiger partial charge in [0.1, 0.15) is 18.0 Å². The Labute approximate surface area is 163 Å². The molecule has 0 radical (unpaired) electrons. The molecule has 152 valence electrons. The molecule has 1 atom stereocenters. The number of nitrogens with zero attached hydrogens (tertiary/aromatic N) is 3. The third-order valence-corrected chi connectivity index (χ3v) is 4.48. The lowest BCUT2D eigenvalue weighted by atomic mass is 10.0. The zero-order chi connectivity index (χ0) is 21.1. The third kappa shape index (κ3) is 4.44. The Morgan fingerprint density at radius 3 is 2.69 bits per heavy atom. The predicted molar refractivity (Wildman–Crippen MR) is 102 cm³/mol. The Bertz CT molecular complexity index is 1110. The van der Waals surface area contributed by atoms with Gasteiger partial charge in [-0.3, -0.25) is 4.79 Å². The van der Waals surface area contributed by atoms with E-state index >= 15 is 0 Å². The second kappa shape index (κ2) is 8.42. The van der Waals surface area contributed by atoms with E-state index in [-0.39, 0.29) is 29.9 Å². The number of nitrogens with one attached hydrogen (secondary N) is 1. The molecular formula is C20H18F4N4O. The molecule has 0 aliphatic rings. The number of alkyl halides is 2. The first-order valence-corrected chi connectivity index (χ1v) is 8.79. The average molecular weight is 406 g/mol. The molecule has 0 unspecified atom stereocenters. The molecular weight excluding hydrogens is 388 g/mol. The van der Waals surface area contributed by atoms with Gasteiger partial charge < -0.3 is 9.88 Å². The number of anilines is 1. The van der Waals surface area contributed by atoms with Crippen LogP contribution in [-0.2, 0) is 6.54 Å². The number of benzene rings is 1. The minimum absolute atomic E-state index is 0.0239. The highest BCUT2D eigenvalue weighted by molar-refractivity contribution is 5.88. The van der Waals surface area contributed by atoms with Gasteiger partial charge in [0.15, 0.2) is 0 Å². The lowest BCUT2D eigenvalue weighted by molar-refractivity contribution is 0.146. The molecule has 0 saturated heterocycles. The minimum atomic E-state index is -2.93. The maximum absolute atomic E-state index is 14.4. The molecule has 3 rings (SSSR count). The molecule has 29 heavy (non-hydrogen) atoms. The van der Waals surface area contributed by atoms with E-state index in [9.17, 15) is 22.4 Å². The number of aryl methyl sites for hydroxylation is 1. The van der Waals surface area contributed by atoms with E-state index in [0.717, 1.165) is 6.07 Å². The highest BCUT2D eigenvalue weighted by Crippen LogP contribution is 2.29. The minimum Gasteiger partial charge on any atom is -0.363 e. The van der Waals surface area contributed by atoms with Gasteiger partial charge in [0.2, 0.25) is 0 Å². The van der Waals surface area contributed by atoms with Gasteiger partial charge in [-0.2, -0.15) is 0 Å². The van der Waals surface area contributed by atoms with Crippen molar-refractivity contribution in [1.29, 1.82) is 0 Å². The number of hydrogen-bond acceptors (Lipinski definition) is 4. The first-order chi connectivity index (χ1) is 13.8. The zero-order valence-electron chi connectivity index (χ0n) is 15.5. The van der Waals surface area contributed by atoms with Crippen LogP contribution in [0.25, 0.3) is 10.9 Å². The van der Waals surface area contributed by atoms with Crippen LogP contribution in [0.3, 0.4) is 0 Å². The summed E-state index contributed by atoms with van der Waals surface area (Å²) < 4.78 is 54.6. The fraction of sp³-hybridized carbons (Fsp3) is 0.250. The van der Waals surface area contributed by atoms with Gasteiger partial charge in [-0.1, -0.05) is 24.8 Å². The second-order valence-electron chi connectivity index (χ2n) is 6.51. The van der Waals surface area contributed by atoms with Crippen LogP contribution in [0.5, 0.6) is 0 Å². The van der Waals surface area contributed by atoms with Crippen LogP contribution in [0.1, 0.15) is 36.9 Å². The van der Waals surface area contributed by atoms with Gasteiger partial charge in [0, 0.05) is 30.8 Å². The molecule has 2 heterocycles. The summed E-state index contributed by atoms with van der Waals surface area (Å²) in [5.74, 6) is -1.25. The smallest absolute Gasteiger partial charge is 0.266 e. The Morgan fingerprint density at radius 1 is 1.28 bits per heavy atom. The molecule has 0 amide bonds. The lowest BCUT2D eigenvalue weighted by Crippen LogP contribution is -2.19. The summed E-state index contributed by atoms with van der Waals surface area (Å²) in [6, 6.07) is 4.39. The summed E-state index contributed by atoms with van der Waals surface area (Å²) in [4.78, 5) is 20.3. The molecule has 0 aliphatic carbocycles. The maximum atomic E-state index is 14.4. The van der Waals surface area contributed by atoms with Crippen molar-refractivity contribution < 1.29 is 17.6 Å². The van der Waals surface area contributed by atoms with Crippen LogP contribution >= 0.6 is 0 Å². The quantitative estimate of drug-likeness (QED) is 0.566. The molecule has 1 aromatic carbocycles. The topological polar surface area (TPSA) is 59.8 Å². The Kier molecular flexibility index (Phi) is 5.95. The zero-order valence-corrected chi connectivity index (χ0v) is 15.5. The Hall–Kier alpha value is -3.23. The lowest BCUT2D eigenvalue weighted by Gasteiger charge is -2.18. The van der Waals surface area contributed by atoms with E-state index in [1.807, 2.05) is 0 Å². The molecule has 0 fully saturated rings. The van der Waals surface area contributed by atoms with Gasteiger partial charge >= 0.3 is 0 Å². The standard InChI is InChI=1S/C20H18F4N4O/c1-11(21)6-7-28-9-15-16(8-17(28)29)25-10-26-20(15)27-12(2)13-4-3-5-14(18(13)22)19(23)24/h3-5,8-10,12,19H,1,6-7H2,2H3,(H,25,26,27)/t12-/m1/s1. The number of allylic oxidation sites excluding steroid dienone is 1. The Balaban J connectivity index is 1.98.